The van der Waals surface area contributed by atoms with Crippen molar-refractivity contribution in [2.45, 2.75) is 26.4 Å². The first-order valence-corrected chi connectivity index (χ1v) is 16.3. The highest BCUT2D eigenvalue weighted by Crippen LogP contribution is 2.35. The van der Waals surface area contributed by atoms with E-state index in [0.717, 1.165) is 84.0 Å². The molecule has 0 unspecified atom stereocenters. The van der Waals surface area contributed by atoms with Gasteiger partial charge in [0.2, 0.25) is 0 Å². The summed E-state index contributed by atoms with van der Waals surface area (Å²) in [4.78, 5) is 20.6. The molecule has 8 rings (SSSR count). The molecule has 0 saturated heterocycles. The van der Waals surface area contributed by atoms with Crippen LogP contribution in [0.2, 0.25) is 0 Å². The largest absolute Gasteiger partial charge is 0.488 e. The van der Waals surface area contributed by atoms with E-state index in [0.29, 0.717) is 0 Å². The predicted molar refractivity (Wildman–Crippen MR) is 199 cm³/mol. The summed E-state index contributed by atoms with van der Waals surface area (Å²) in [6.45, 7) is 6.14. The number of hydrogen-bond donors (Lipinski definition) is 0. The number of rotatable bonds is 6. The summed E-state index contributed by atoms with van der Waals surface area (Å²) < 4.78 is 6.07. The quantitative estimate of drug-likeness (QED) is 0.171. The Balaban J connectivity index is 1.22. The van der Waals surface area contributed by atoms with E-state index >= 15 is 0 Å². The fourth-order valence-electron chi connectivity index (χ4n) is 5.99. The van der Waals surface area contributed by atoms with Crippen molar-refractivity contribution in [3.05, 3.63) is 157 Å². The summed E-state index contributed by atoms with van der Waals surface area (Å²) in [5.74, 6) is 0.819. The Morgan fingerprint density at radius 3 is 1.45 bits per heavy atom. The van der Waals surface area contributed by atoms with Crippen molar-refractivity contribution >= 4 is 27.6 Å². The third kappa shape index (κ3) is 6.20. The van der Waals surface area contributed by atoms with Crippen LogP contribution in [0.1, 0.15) is 26.5 Å². The Kier molecular flexibility index (Phi) is 7.55. The fraction of sp³-hybridized carbons (Fsp3) is 0.0909. The van der Waals surface area contributed by atoms with E-state index < -0.39 is 0 Å². The molecule has 5 nitrogen and oxygen atoms in total. The molecular weight excluding hydrogens is 601 g/mol. The van der Waals surface area contributed by atoms with Crippen molar-refractivity contribution in [1.82, 2.24) is 19.9 Å². The molecule has 0 amide bonds. The van der Waals surface area contributed by atoms with Gasteiger partial charge < -0.3 is 4.74 Å². The van der Waals surface area contributed by atoms with Crippen LogP contribution in [0.3, 0.4) is 0 Å². The highest BCUT2D eigenvalue weighted by molar-refractivity contribution is 5.92. The summed E-state index contributed by atoms with van der Waals surface area (Å²) in [5.41, 5.74) is 18.3. The molecule has 0 bridgehead atoms. The summed E-state index contributed by atoms with van der Waals surface area (Å²) in [7, 11) is 0. The average molecular weight is 633 g/mol. The molecule has 49 heavy (non-hydrogen) atoms. The molecule has 234 valence electrons. The predicted octanol–water partition coefficient (Wildman–Crippen LogP) is 10.7. The van der Waals surface area contributed by atoms with Crippen molar-refractivity contribution in [3.63, 3.8) is 0 Å². The van der Waals surface area contributed by atoms with Gasteiger partial charge in [-0.25, -0.2) is 19.9 Å². The van der Waals surface area contributed by atoms with Crippen LogP contribution in [-0.2, 0) is 0 Å². The molecule has 0 aliphatic heterocycles. The summed E-state index contributed by atoms with van der Waals surface area (Å²) in [6.07, 6.45) is 5.76. The molecule has 2 aromatic heterocycles. The molecular formula is C44H32N4O. The maximum absolute atomic E-state index is 6.07. The van der Waals surface area contributed by atoms with Crippen LogP contribution in [0.5, 0.6) is 5.75 Å². The summed E-state index contributed by atoms with van der Waals surface area (Å²) in [6, 6.07) is 41.0. The Bertz CT molecular complexity index is 2500. The third-order valence-corrected chi connectivity index (χ3v) is 8.24. The zero-order chi connectivity index (χ0) is 33.4. The zero-order valence-electron chi connectivity index (χ0n) is 27.5. The lowest BCUT2D eigenvalue weighted by Gasteiger charge is -2.21. The minimum absolute atomic E-state index is 0.276. The van der Waals surface area contributed by atoms with Gasteiger partial charge in [-0.1, -0.05) is 84.3 Å². The van der Waals surface area contributed by atoms with Crippen LogP contribution in [0.25, 0.3) is 72.5 Å². The topological polar surface area (TPSA) is 60.8 Å². The van der Waals surface area contributed by atoms with Gasteiger partial charge in [0.1, 0.15) is 11.4 Å². The van der Waals surface area contributed by atoms with Crippen LogP contribution < -0.4 is 4.74 Å². The van der Waals surface area contributed by atoms with Crippen molar-refractivity contribution in [2.75, 3.05) is 0 Å². The van der Waals surface area contributed by atoms with Crippen LogP contribution in [0.4, 0.5) is 0 Å². The van der Waals surface area contributed by atoms with Gasteiger partial charge in [0.25, 0.3) is 0 Å². The molecule has 0 fully saturated rings. The average Bonchev–Trinajstić information content (AvgIpc) is 3.14. The minimum Gasteiger partial charge on any atom is -0.488 e. The Hall–Kier alpha value is -6.38. The first kappa shape index (κ1) is 30.0. The molecule has 0 atom stereocenters. The smallest absolute Gasteiger partial charge is 0.120 e. The molecule has 5 heteroatoms. The van der Waals surface area contributed by atoms with Crippen molar-refractivity contribution in [3.8, 4) is 50.6 Å². The van der Waals surface area contributed by atoms with Crippen molar-refractivity contribution in [2.24, 2.45) is 0 Å². The lowest BCUT2D eigenvalue weighted by atomic mass is 10.0. The normalized spacial score (nSPS) is 12.4. The van der Waals surface area contributed by atoms with E-state index in [9.17, 15) is 0 Å². The molecule has 0 radical (unpaired) electrons. The second kappa shape index (κ2) is 12.3. The standard InChI is InChI=1S/C44H32N4O/c1-44(2,3)49-35-23-19-32(20-24-35)43-42(31-17-11-6-12-18-31)48-39-28-34(22-26-37(39)46-43)33-21-25-36-38(27-33)47-41(30-15-9-5-10-16-30)40(45-36)29-13-7-4-8-14-29/h4,6-9,11-28H,1-3H3. The van der Waals surface area contributed by atoms with Crippen LogP contribution in [0.15, 0.2) is 151 Å². The molecule has 2 heterocycles. The lowest BCUT2D eigenvalue weighted by molar-refractivity contribution is 0.131. The van der Waals surface area contributed by atoms with Gasteiger partial charge in [0.15, 0.2) is 0 Å². The second-order valence-corrected chi connectivity index (χ2v) is 12.9. The Morgan fingerprint density at radius 2 is 0.939 bits per heavy atom. The molecule has 1 aliphatic rings. The SMILES string of the molecule is CC(C)(C)Oc1ccc(-c2nc3ccc(-c4ccc5nc(-c6ccccc6)c(C6=CC=C=C=C6)nc5c4)cc3nc2-c2ccccc2)cc1. The number of nitrogens with zero attached hydrogens (tertiary/aromatic N) is 4. The molecule has 0 N–H and O–H groups in total. The van der Waals surface area contributed by atoms with Gasteiger partial charge in [-0.15, -0.1) is 0 Å². The van der Waals surface area contributed by atoms with E-state index in [1.165, 1.54) is 0 Å². The van der Waals surface area contributed by atoms with E-state index in [4.69, 9.17) is 24.7 Å². The number of allylic oxidation sites excluding steroid dienone is 4. The van der Waals surface area contributed by atoms with Crippen molar-refractivity contribution in [1.29, 1.82) is 0 Å². The van der Waals surface area contributed by atoms with Gasteiger partial charge in [-0.2, -0.15) is 0 Å². The van der Waals surface area contributed by atoms with Crippen LogP contribution in [-0.4, -0.2) is 25.5 Å². The zero-order valence-corrected chi connectivity index (χ0v) is 27.5. The molecule has 0 saturated carbocycles. The molecule has 7 aromatic rings. The van der Waals surface area contributed by atoms with Crippen LogP contribution in [0, 0.1) is 0 Å². The van der Waals surface area contributed by atoms with E-state index in [2.05, 4.69) is 72.1 Å². The van der Waals surface area contributed by atoms with Gasteiger partial charge in [0, 0.05) is 22.3 Å². The van der Waals surface area contributed by atoms with E-state index in [1.807, 2.05) is 99.7 Å². The molecule has 5 aromatic carbocycles. The number of benzene rings is 5. The van der Waals surface area contributed by atoms with E-state index in [-0.39, 0.29) is 5.60 Å². The summed E-state index contributed by atoms with van der Waals surface area (Å²) in [5, 5.41) is 0. The number of ether oxygens (including phenoxy) is 1. The monoisotopic (exact) mass is 632 g/mol. The van der Waals surface area contributed by atoms with Crippen LogP contribution >= 0.6 is 0 Å². The maximum atomic E-state index is 6.07. The first-order chi connectivity index (χ1) is 23.9. The van der Waals surface area contributed by atoms with Gasteiger partial charge in [-0.3, -0.25) is 0 Å². The number of hydrogen-bond acceptors (Lipinski definition) is 5. The highest BCUT2D eigenvalue weighted by Gasteiger charge is 2.18. The summed E-state index contributed by atoms with van der Waals surface area (Å²) >= 11 is 0. The van der Waals surface area contributed by atoms with Gasteiger partial charge >= 0.3 is 0 Å². The van der Waals surface area contributed by atoms with Gasteiger partial charge in [-0.05, 0) is 98.7 Å². The van der Waals surface area contributed by atoms with Gasteiger partial charge in [0.05, 0.1) is 44.8 Å². The second-order valence-electron chi connectivity index (χ2n) is 12.9. The minimum atomic E-state index is -0.276. The number of aromatic nitrogens is 4. The number of fused-ring (bicyclic) bond motifs is 2. The first-order valence-electron chi connectivity index (χ1n) is 16.3. The molecule has 1 aliphatic carbocycles. The highest BCUT2D eigenvalue weighted by atomic mass is 16.5. The van der Waals surface area contributed by atoms with Crippen molar-refractivity contribution < 1.29 is 4.74 Å². The fourth-order valence-corrected chi connectivity index (χ4v) is 5.99. The third-order valence-electron chi connectivity index (χ3n) is 8.24. The Labute approximate surface area is 285 Å². The maximum Gasteiger partial charge on any atom is 0.120 e. The Morgan fingerprint density at radius 1 is 0.469 bits per heavy atom. The molecule has 0 spiro atoms. The lowest BCUT2D eigenvalue weighted by Crippen LogP contribution is -2.22. The van der Waals surface area contributed by atoms with E-state index in [1.54, 1.807) is 0 Å².